The molecule has 2 aromatic carbocycles. The highest BCUT2D eigenvalue weighted by Gasteiger charge is 2.22. The molecule has 0 aliphatic heterocycles. The zero-order chi connectivity index (χ0) is 18.0. The van der Waals surface area contributed by atoms with E-state index in [1.807, 2.05) is 49.4 Å². The number of amides is 1. The molecule has 0 saturated heterocycles. The molecule has 0 unspecified atom stereocenters. The first-order chi connectivity index (χ1) is 12.0. The van der Waals surface area contributed by atoms with Crippen molar-refractivity contribution in [3.8, 4) is 17.0 Å². The lowest BCUT2D eigenvalue weighted by molar-refractivity contribution is 0.102. The molecule has 1 amide bonds. The molecule has 0 fully saturated rings. The number of carbonyl (C=O) groups excluding carboxylic acids is 1. The number of hydrogen-bond acceptors (Lipinski definition) is 4. The van der Waals surface area contributed by atoms with Gasteiger partial charge in [-0.05, 0) is 43.7 Å². The second-order valence-corrected chi connectivity index (χ2v) is 6.55. The standard InChI is InChI=1S/C19H17BrN2O3/c1-11-7-8-16(24-3)15(9-11)21-19(23)17-12(2)25-22-18(17)13-5-4-6-14(20)10-13/h4-10H,1-3H3,(H,21,23). The summed E-state index contributed by atoms with van der Waals surface area (Å²) in [6, 6.07) is 13.2. The van der Waals surface area contributed by atoms with Gasteiger partial charge in [-0.15, -0.1) is 0 Å². The van der Waals surface area contributed by atoms with E-state index < -0.39 is 0 Å². The summed E-state index contributed by atoms with van der Waals surface area (Å²) in [5.41, 5.74) is 3.33. The number of hydrogen-bond donors (Lipinski definition) is 1. The smallest absolute Gasteiger partial charge is 0.261 e. The summed E-state index contributed by atoms with van der Waals surface area (Å²) in [7, 11) is 1.57. The van der Waals surface area contributed by atoms with Gasteiger partial charge >= 0.3 is 0 Å². The second kappa shape index (κ2) is 7.11. The van der Waals surface area contributed by atoms with Crippen molar-refractivity contribution in [2.75, 3.05) is 12.4 Å². The molecule has 0 aliphatic carbocycles. The molecule has 0 aliphatic rings. The van der Waals surface area contributed by atoms with Gasteiger partial charge in [-0.3, -0.25) is 4.79 Å². The minimum Gasteiger partial charge on any atom is -0.495 e. The highest BCUT2D eigenvalue weighted by atomic mass is 79.9. The molecule has 0 saturated carbocycles. The van der Waals surface area contributed by atoms with Gasteiger partial charge in [0.2, 0.25) is 0 Å². The molecule has 5 nitrogen and oxygen atoms in total. The van der Waals surface area contributed by atoms with Crippen LogP contribution in [0.15, 0.2) is 51.5 Å². The first-order valence-corrected chi connectivity index (χ1v) is 8.47. The molecular weight excluding hydrogens is 384 g/mol. The summed E-state index contributed by atoms with van der Waals surface area (Å²) in [5, 5.41) is 6.96. The summed E-state index contributed by atoms with van der Waals surface area (Å²) in [5.74, 6) is 0.758. The van der Waals surface area contributed by atoms with E-state index in [1.54, 1.807) is 14.0 Å². The van der Waals surface area contributed by atoms with E-state index in [1.165, 1.54) is 0 Å². The molecule has 1 N–H and O–H groups in total. The fraction of sp³-hybridized carbons (Fsp3) is 0.158. The maximum atomic E-state index is 12.9. The van der Waals surface area contributed by atoms with Crippen molar-refractivity contribution >= 4 is 27.5 Å². The fourth-order valence-electron chi connectivity index (χ4n) is 2.58. The molecule has 1 heterocycles. The van der Waals surface area contributed by atoms with Crippen molar-refractivity contribution in [1.82, 2.24) is 5.16 Å². The van der Waals surface area contributed by atoms with Gasteiger partial charge in [0.15, 0.2) is 0 Å². The van der Waals surface area contributed by atoms with Crippen LogP contribution < -0.4 is 10.1 Å². The van der Waals surface area contributed by atoms with E-state index in [-0.39, 0.29) is 5.91 Å². The Kier molecular flexibility index (Phi) is 4.90. The molecule has 0 bridgehead atoms. The third kappa shape index (κ3) is 3.58. The van der Waals surface area contributed by atoms with Gasteiger partial charge in [-0.25, -0.2) is 0 Å². The summed E-state index contributed by atoms with van der Waals surface area (Å²) in [6.07, 6.45) is 0. The molecular formula is C19H17BrN2O3. The van der Waals surface area contributed by atoms with Crippen LogP contribution >= 0.6 is 15.9 Å². The zero-order valence-corrected chi connectivity index (χ0v) is 15.7. The molecule has 1 aromatic heterocycles. The highest BCUT2D eigenvalue weighted by molar-refractivity contribution is 9.10. The maximum absolute atomic E-state index is 12.9. The molecule has 0 spiro atoms. The van der Waals surface area contributed by atoms with Crippen LogP contribution in [0.5, 0.6) is 5.75 Å². The second-order valence-electron chi connectivity index (χ2n) is 5.63. The molecule has 0 atom stereocenters. The Bertz CT molecular complexity index is 934. The van der Waals surface area contributed by atoms with Gasteiger partial charge in [0, 0.05) is 10.0 Å². The third-order valence-electron chi connectivity index (χ3n) is 3.79. The van der Waals surface area contributed by atoms with Gasteiger partial charge in [0.25, 0.3) is 5.91 Å². The number of anilines is 1. The Labute approximate surface area is 154 Å². The van der Waals surface area contributed by atoms with Crippen molar-refractivity contribution in [2.45, 2.75) is 13.8 Å². The van der Waals surface area contributed by atoms with Crippen LogP contribution in [0.25, 0.3) is 11.3 Å². The van der Waals surface area contributed by atoms with Crippen molar-refractivity contribution in [3.05, 3.63) is 63.8 Å². The Morgan fingerprint density at radius 3 is 2.72 bits per heavy atom. The lowest BCUT2D eigenvalue weighted by Crippen LogP contribution is -2.14. The Morgan fingerprint density at radius 1 is 1.20 bits per heavy atom. The SMILES string of the molecule is COc1ccc(C)cc1NC(=O)c1c(-c2cccc(Br)c2)noc1C. The van der Waals surface area contributed by atoms with Crippen LogP contribution in [0.1, 0.15) is 21.7 Å². The van der Waals surface area contributed by atoms with Crippen LogP contribution in [-0.2, 0) is 0 Å². The van der Waals surface area contributed by atoms with E-state index in [4.69, 9.17) is 9.26 Å². The summed E-state index contributed by atoms with van der Waals surface area (Å²) >= 11 is 3.43. The minimum absolute atomic E-state index is 0.294. The number of carbonyl (C=O) groups is 1. The Balaban J connectivity index is 1.99. The van der Waals surface area contributed by atoms with Crippen LogP contribution in [0, 0.1) is 13.8 Å². The molecule has 0 radical (unpaired) electrons. The van der Waals surface area contributed by atoms with Crippen LogP contribution in [0.3, 0.4) is 0 Å². The summed E-state index contributed by atoms with van der Waals surface area (Å²) in [6.45, 7) is 3.67. The maximum Gasteiger partial charge on any atom is 0.261 e. The highest BCUT2D eigenvalue weighted by Crippen LogP contribution is 2.30. The minimum atomic E-state index is -0.294. The average molecular weight is 401 g/mol. The van der Waals surface area contributed by atoms with Crippen LogP contribution in [0.4, 0.5) is 5.69 Å². The van der Waals surface area contributed by atoms with E-state index in [9.17, 15) is 4.79 Å². The normalized spacial score (nSPS) is 10.6. The number of methoxy groups -OCH3 is 1. The van der Waals surface area contributed by atoms with E-state index >= 15 is 0 Å². The first kappa shape index (κ1) is 17.2. The monoisotopic (exact) mass is 400 g/mol. The number of benzene rings is 2. The predicted octanol–water partition coefficient (Wildman–Crippen LogP) is 4.98. The van der Waals surface area contributed by atoms with E-state index in [0.29, 0.717) is 28.5 Å². The van der Waals surface area contributed by atoms with Gasteiger partial charge in [0.05, 0.1) is 12.8 Å². The predicted molar refractivity (Wildman–Crippen MR) is 100 cm³/mol. The first-order valence-electron chi connectivity index (χ1n) is 7.68. The number of ether oxygens (including phenoxy) is 1. The number of aromatic nitrogens is 1. The summed E-state index contributed by atoms with van der Waals surface area (Å²) in [4.78, 5) is 12.9. The van der Waals surface area contributed by atoms with Gasteiger partial charge in [-0.1, -0.05) is 39.3 Å². The largest absolute Gasteiger partial charge is 0.495 e. The average Bonchev–Trinajstić information content (AvgIpc) is 2.97. The molecule has 25 heavy (non-hydrogen) atoms. The quantitative estimate of drug-likeness (QED) is 0.670. The lowest BCUT2D eigenvalue weighted by Gasteiger charge is -2.11. The van der Waals surface area contributed by atoms with E-state index in [2.05, 4.69) is 26.4 Å². The Hall–Kier alpha value is -2.60. The number of nitrogens with one attached hydrogen (secondary N) is 1. The Morgan fingerprint density at radius 2 is 2.00 bits per heavy atom. The van der Waals surface area contributed by atoms with Crippen molar-refractivity contribution < 1.29 is 14.1 Å². The number of rotatable bonds is 4. The third-order valence-corrected chi connectivity index (χ3v) is 4.28. The molecule has 6 heteroatoms. The fourth-order valence-corrected chi connectivity index (χ4v) is 2.98. The van der Waals surface area contributed by atoms with Crippen molar-refractivity contribution in [3.63, 3.8) is 0 Å². The molecule has 128 valence electrons. The molecule has 3 rings (SSSR count). The van der Waals surface area contributed by atoms with Gasteiger partial charge < -0.3 is 14.6 Å². The number of nitrogens with zero attached hydrogens (tertiary/aromatic N) is 1. The lowest BCUT2D eigenvalue weighted by atomic mass is 10.1. The van der Waals surface area contributed by atoms with Crippen LogP contribution in [0.2, 0.25) is 0 Å². The van der Waals surface area contributed by atoms with Crippen molar-refractivity contribution in [1.29, 1.82) is 0 Å². The van der Waals surface area contributed by atoms with Gasteiger partial charge in [0.1, 0.15) is 22.8 Å². The summed E-state index contributed by atoms with van der Waals surface area (Å²) < 4.78 is 11.5. The number of aryl methyl sites for hydroxylation is 2. The van der Waals surface area contributed by atoms with Gasteiger partial charge in [-0.2, -0.15) is 0 Å². The number of halogens is 1. The van der Waals surface area contributed by atoms with Crippen molar-refractivity contribution in [2.24, 2.45) is 0 Å². The van der Waals surface area contributed by atoms with E-state index in [0.717, 1.165) is 15.6 Å². The van der Waals surface area contributed by atoms with Crippen LogP contribution in [-0.4, -0.2) is 18.2 Å². The topological polar surface area (TPSA) is 64.4 Å². The zero-order valence-electron chi connectivity index (χ0n) is 14.1. The molecule has 3 aromatic rings.